The van der Waals surface area contributed by atoms with Crippen LogP contribution in [0.15, 0.2) is 30.3 Å². The fraction of sp³-hybridized carbons (Fsp3) is 0.125. The average molecular weight is 345 g/mol. The standard InChI is InChI=1S/C16H12FN3OS2/c1-8-6-9(17)7-12-13(8)18-15(23-12)20-16-19-14-10(21-2)4-3-5-11(14)22-16/h3-7H,1-2H3,(H,18,19,20). The van der Waals surface area contributed by atoms with Crippen LogP contribution in [-0.4, -0.2) is 17.1 Å². The highest BCUT2D eigenvalue weighted by Gasteiger charge is 2.12. The lowest BCUT2D eigenvalue weighted by atomic mass is 10.2. The molecule has 0 aliphatic carbocycles. The number of hydrogen-bond acceptors (Lipinski definition) is 6. The summed E-state index contributed by atoms with van der Waals surface area (Å²) >= 11 is 2.94. The van der Waals surface area contributed by atoms with E-state index in [4.69, 9.17) is 4.74 Å². The molecule has 0 radical (unpaired) electrons. The summed E-state index contributed by atoms with van der Waals surface area (Å²) in [5.74, 6) is 0.504. The number of thiazole rings is 2. The topological polar surface area (TPSA) is 47.0 Å². The van der Waals surface area contributed by atoms with Gasteiger partial charge in [0, 0.05) is 0 Å². The van der Waals surface area contributed by atoms with Gasteiger partial charge >= 0.3 is 0 Å². The minimum atomic E-state index is -0.241. The van der Waals surface area contributed by atoms with E-state index in [1.165, 1.54) is 34.8 Å². The summed E-state index contributed by atoms with van der Waals surface area (Å²) in [7, 11) is 1.63. The number of anilines is 2. The van der Waals surface area contributed by atoms with E-state index in [1.54, 1.807) is 7.11 Å². The van der Waals surface area contributed by atoms with E-state index in [-0.39, 0.29) is 5.82 Å². The smallest absolute Gasteiger partial charge is 0.190 e. The Morgan fingerprint density at radius 2 is 1.78 bits per heavy atom. The van der Waals surface area contributed by atoms with Crippen LogP contribution in [0, 0.1) is 12.7 Å². The summed E-state index contributed by atoms with van der Waals surface area (Å²) < 4.78 is 20.7. The summed E-state index contributed by atoms with van der Waals surface area (Å²) in [5.41, 5.74) is 2.47. The summed E-state index contributed by atoms with van der Waals surface area (Å²) in [6.45, 7) is 1.86. The van der Waals surface area contributed by atoms with Crippen LogP contribution in [0.4, 0.5) is 14.7 Å². The quantitative estimate of drug-likeness (QED) is 0.561. The number of aromatic nitrogens is 2. The number of para-hydroxylation sites is 1. The molecule has 2 aromatic carbocycles. The Kier molecular flexibility index (Phi) is 3.39. The number of aryl methyl sites for hydroxylation is 1. The van der Waals surface area contributed by atoms with E-state index in [0.717, 1.165) is 36.9 Å². The SMILES string of the molecule is COc1cccc2sc(Nc3nc4c(C)cc(F)cc4s3)nc12. The van der Waals surface area contributed by atoms with E-state index in [1.807, 2.05) is 25.1 Å². The normalized spacial score (nSPS) is 11.3. The molecule has 0 aliphatic heterocycles. The molecule has 2 heterocycles. The van der Waals surface area contributed by atoms with Crippen molar-refractivity contribution in [2.24, 2.45) is 0 Å². The van der Waals surface area contributed by atoms with Crippen LogP contribution in [0.3, 0.4) is 0 Å². The van der Waals surface area contributed by atoms with Crippen LogP contribution in [-0.2, 0) is 0 Å². The molecule has 7 heteroatoms. The van der Waals surface area contributed by atoms with Gasteiger partial charge in [0.25, 0.3) is 0 Å². The van der Waals surface area contributed by atoms with Gasteiger partial charge in [0.2, 0.25) is 0 Å². The van der Waals surface area contributed by atoms with Crippen molar-refractivity contribution in [1.82, 2.24) is 9.97 Å². The van der Waals surface area contributed by atoms with Crippen molar-refractivity contribution in [3.05, 3.63) is 41.7 Å². The van der Waals surface area contributed by atoms with Crippen molar-refractivity contribution in [2.75, 3.05) is 12.4 Å². The number of nitrogens with one attached hydrogen (secondary N) is 1. The number of rotatable bonds is 3. The predicted molar refractivity (Wildman–Crippen MR) is 93.8 cm³/mol. The van der Waals surface area contributed by atoms with Gasteiger partial charge in [0.15, 0.2) is 10.3 Å². The molecule has 0 saturated carbocycles. The van der Waals surface area contributed by atoms with Gasteiger partial charge in [-0.25, -0.2) is 14.4 Å². The van der Waals surface area contributed by atoms with Crippen LogP contribution in [0.2, 0.25) is 0 Å². The second-order valence-corrected chi connectivity index (χ2v) is 7.10. The zero-order chi connectivity index (χ0) is 16.0. The summed E-state index contributed by atoms with van der Waals surface area (Å²) in [5, 5.41) is 4.66. The number of nitrogens with zero attached hydrogens (tertiary/aromatic N) is 2. The van der Waals surface area contributed by atoms with Crippen molar-refractivity contribution in [3.63, 3.8) is 0 Å². The van der Waals surface area contributed by atoms with Crippen LogP contribution < -0.4 is 10.1 Å². The van der Waals surface area contributed by atoms with Crippen molar-refractivity contribution in [2.45, 2.75) is 6.92 Å². The van der Waals surface area contributed by atoms with Crippen LogP contribution in [0.1, 0.15) is 5.56 Å². The zero-order valence-electron chi connectivity index (χ0n) is 12.4. The molecule has 0 saturated heterocycles. The third-order valence-electron chi connectivity index (χ3n) is 3.47. The molecule has 0 fully saturated rings. The number of benzene rings is 2. The lowest BCUT2D eigenvalue weighted by Crippen LogP contribution is -1.88. The molecule has 1 N–H and O–H groups in total. The van der Waals surface area contributed by atoms with Gasteiger partial charge in [-0.2, -0.15) is 0 Å². The van der Waals surface area contributed by atoms with E-state index >= 15 is 0 Å². The number of ether oxygens (including phenoxy) is 1. The molecule has 0 bridgehead atoms. The van der Waals surface area contributed by atoms with Gasteiger partial charge < -0.3 is 10.1 Å². The molecule has 4 aromatic rings. The van der Waals surface area contributed by atoms with Crippen molar-refractivity contribution in [3.8, 4) is 5.75 Å². The Balaban J connectivity index is 1.74. The third kappa shape index (κ3) is 2.51. The predicted octanol–water partition coefficient (Wildman–Crippen LogP) is 5.11. The van der Waals surface area contributed by atoms with Gasteiger partial charge in [-0.3, -0.25) is 0 Å². The Labute approximate surface area is 139 Å². The Morgan fingerprint density at radius 1 is 1.04 bits per heavy atom. The van der Waals surface area contributed by atoms with Crippen LogP contribution in [0.5, 0.6) is 5.75 Å². The van der Waals surface area contributed by atoms with Gasteiger partial charge in [0.05, 0.1) is 22.0 Å². The van der Waals surface area contributed by atoms with Gasteiger partial charge in [-0.15, -0.1) is 0 Å². The first kappa shape index (κ1) is 14.3. The highest BCUT2D eigenvalue weighted by atomic mass is 32.1. The minimum Gasteiger partial charge on any atom is -0.494 e. The van der Waals surface area contributed by atoms with Gasteiger partial charge in [-0.1, -0.05) is 28.7 Å². The molecular formula is C16H12FN3OS2. The summed E-state index contributed by atoms with van der Waals surface area (Å²) in [6, 6.07) is 8.82. The molecule has 4 nitrogen and oxygen atoms in total. The van der Waals surface area contributed by atoms with E-state index in [0.29, 0.717) is 5.13 Å². The molecule has 23 heavy (non-hydrogen) atoms. The minimum absolute atomic E-state index is 0.241. The zero-order valence-corrected chi connectivity index (χ0v) is 14.0. The first-order valence-electron chi connectivity index (χ1n) is 6.91. The van der Waals surface area contributed by atoms with Crippen LogP contribution >= 0.6 is 22.7 Å². The average Bonchev–Trinajstić information content (AvgIpc) is 3.10. The van der Waals surface area contributed by atoms with E-state index in [9.17, 15) is 4.39 Å². The van der Waals surface area contributed by atoms with Gasteiger partial charge in [0.1, 0.15) is 17.1 Å². The fourth-order valence-electron chi connectivity index (χ4n) is 2.44. The maximum absolute atomic E-state index is 13.5. The summed E-state index contributed by atoms with van der Waals surface area (Å²) in [4.78, 5) is 9.10. The summed E-state index contributed by atoms with van der Waals surface area (Å²) in [6.07, 6.45) is 0. The number of methoxy groups -OCH3 is 1. The number of fused-ring (bicyclic) bond motifs is 2. The maximum atomic E-state index is 13.5. The largest absolute Gasteiger partial charge is 0.494 e. The highest BCUT2D eigenvalue weighted by Crippen LogP contribution is 2.36. The number of halogens is 1. The van der Waals surface area contributed by atoms with Crippen molar-refractivity contribution in [1.29, 1.82) is 0 Å². The maximum Gasteiger partial charge on any atom is 0.190 e. The van der Waals surface area contributed by atoms with E-state index in [2.05, 4.69) is 15.3 Å². The Hall–Kier alpha value is -2.25. The van der Waals surface area contributed by atoms with Crippen molar-refractivity contribution >= 4 is 53.4 Å². The number of hydrogen-bond donors (Lipinski definition) is 1. The molecule has 0 atom stereocenters. The molecule has 4 rings (SSSR count). The highest BCUT2D eigenvalue weighted by molar-refractivity contribution is 7.24. The Bertz CT molecular complexity index is 1020. The van der Waals surface area contributed by atoms with Crippen LogP contribution in [0.25, 0.3) is 20.4 Å². The fourth-order valence-corrected chi connectivity index (χ4v) is 4.36. The molecule has 0 spiro atoms. The molecule has 0 aliphatic rings. The Morgan fingerprint density at radius 3 is 2.57 bits per heavy atom. The molecule has 2 aromatic heterocycles. The molecule has 116 valence electrons. The lowest BCUT2D eigenvalue weighted by Gasteiger charge is -1.98. The third-order valence-corrected chi connectivity index (χ3v) is 5.32. The van der Waals surface area contributed by atoms with Gasteiger partial charge in [-0.05, 0) is 36.8 Å². The van der Waals surface area contributed by atoms with Crippen molar-refractivity contribution < 1.29 is 9.13 Å². The lowest BCUT2D eigenvalue weighted by molar-refractivity contribution is 0.419. The first-order valence-corrected chi connectivity index (χ1v) is 8.54. The molecule has 0 amide bonds. The monoisotopic (exact) mass is 345 g/mol. The molecular weight excluding hydrogens is 333 g/mol. The first-order chi connectivity index (χ1) is 11.1. The van der Waals surface area contributed by atoms with E-state index < -0.39 is 0 Å². The second kappa shape index (κ2) is 5.43. The second-order valence-electron chi connectivity index (χ2n) is 5.04. The molecule has 0 unspecified atom stereocenters.